The summed E-state index contributed by atoms with van der Waals surface area (Å²) in [6.45, 7) is -1.01. The number of amides is 1. The number of alkyl halides is 4. The minimum atomic E-state index is -1.79. The molecule has 0 aliphatic heterocycles. The zero-order chi connectivity index (χ0) is 20.0. The Hall–Kier alpha value is -2.27. The van der Waals surface area contributed by atoms with Gasteiger partial charge >= 0.3 is 0 Å². The van der Waals surface area contributed by atoms with E-state index in [9.17, 15) is 18.7 Å². The smallest absolute Gasteiger partial charge is 0.253 e. The van der Waals surface area contributed by atoms with Gasteiger partial charge in [-0.15, -0.1) is 0 Å². The van der Waals surface area contributed by atoms with Crippen molar-refractivity contribution in [2.24, 2.45) is 0 Å². The number of aliphatic hydroxyl groups excluding tert-OH is 1. The van der Waals surface area contributed by atoms with Crippen molar-refractivity contribution in [2.75, 3.05) is 6.67 Å². The van der Waals surface area contributed by atoms with Crippen LogP contribution in [0.1, 0.15) is 23.5 Å². The molecule has 2 aromatic rings. The van der Waals surface area contributed by atoms with Crippen LogP contribution in [0, 0.1) is 11.3 Å². The first-order chi connectivity index (χ1) is 12.9. The number of halogens is 4. The number of aromatic nitrogens is 1. The van der Waals surface area contributed by atoms with Gasteiger partial charge in [0.1, 0.15) is 18.8 Å². The fourth-order valence-corrected chi connectivity index (χ4v) is 2.47. The predicted octanol–water partition coefficient (Wildman–Crippen LogP) is 3.57. The van der Waals surface area contributed by atoms with E-state index < -0.39 is 35.7 Å². The molecule has 0 saturated heterocycles. The Kier molecular flexibility index (Phi) is 7.48. The van der Waals surface area contributed by atoms with Gasteiger partial charge in [0.25, 0.3) is 5.91 Å². The highest BCUT2D eigenvalue weighted by molar-refractivity contribution is 6.53. The van der Waals surface area contributed by atoms with E-state index in [2.05, 4.69) is 10.3 Å². The van der Waals surface area contributed by atoms with Gasteiger partial charge in [-0.3, -0.25) is 9.78 Å². The number of benzene rings is 1. The highest BCUT2D eigenvalue weighted by Gasteiger charge is 2.25. The number of hydrogen-bond acceptors (Lipinski definition) is 4. The second-order valence-corrected chi connectivity index (χ2v) is 6.70. The Labute approximate surface area is 164 Å². The molecule has 3 atom stereocenters. The summed E-state index contributed by atoms with van der Waals surface area (Å²) >= 11 is 10.8. The van der Waals surface area contributed by atoms with Crippen molar-refractivity contribution in [2.45, 2.75) is 23.2 Å². The number of aliphatic hydroxyl groups is 1. The van der Waals surface area contributed by atoms with E-state index in [1.165, 1.54) is 18.3 Å². The molecule has 0 spiro atoms. The number of carbonyl (C=O) groups excluding carboxylic acids is 1. The lowest BCUT2D eigenvalue weighted by atomic mass is 9.99. The Morgan fingerprint density at radius 3 is 2.33 bits per heavy atom. The average molecular weight is 414 g/mol. The van der Waals surface area contributed by atoms with Gasteiger partial charge in [0.2, 0.25) is 6.17 Å². The highest BCUT2D eigenvalue weighted by atomic mass is 35.5. The van der Waals surface area contributed by atoms with Crippen LogP contribution in [-0.4, -0.2) is 33.6 Å². The zero-order valence-corrected chi connectivity index (χ0v) is 15.3. The molecule has 1 amide bonds. The van der Waals surface area contributed by atoms with Gasteiger partial charge in [-0.1, -0.05) is 53.5 Å². The molecule has 2 rings (SSSR count). The maximum atomic E-state index is 13.3. The van der Waals surface area contributed by atoms with Crippen molar-refractivity contribution >= 4 is 29.1 Å². The standard InChI is InChI=1S/C18H15Cl2F2N3O2/c19-17(20)18(27)25-15(7-21)16(26)11-3-1-10(2-4-11)12-5-6-14(24-9-12)13(22)8-23/h1-6,9,13,15-17,26H,7H2,(H,25,27)/t13?,15-,16-/m1/s1. The van der Waals surface area contributed by atoms with Crippen LogP contribution in [0.3, 0.4) is 0 Å². The molecule has 0 saturated carbocycles. The summed E-state index contributed by atoms with van der Waals surface area (Å²) in [4.78, 5) is 14.0. The normalized spacial score (nSPS) is 14.3. The first-order valence-electron chi connectivity index (χ1n) is 7.80. The minimum Gasteiger partial charge on any atom is -0.386 e. The lowest BCUT2D eigenvalue weighted by Gasteiger charge is -2.22. The van der Waals surface area contributed by atoms with Gasteiger partial charge in [-0.05, 0) is 17.2 Å². The molecule has 0 aliphatic rings. The topological polar surface area (TPSA) is 86.0 Å². The molecule has 142 valence electrons. The average Bonchev–Trinajstić information content (AvgIpc) is 2.70. The summed E-state index contributed by atoms with van der Waals surface area (Å²) in [7, 11) is 0. The van der Waals surface area contributed by atoms with E-state index in [0.717, 1.165) is 5.56 Å². The Bertz CT molecular complexity index is 811. The van der Waals surface area contributed by atoms with Gasteiger partial charge in [0.05, 0.1) is 11.7 Å². The van der Waals surface area contributed by atoms with E-state index in [1.54, 1.807) is 30.3 Å². The second kappa shape index (κ2) is 9.60. The molecule has 0 bridgehead atoms. The van der Waals surface area contributed by atoms with Crippen LogP contribution in [0.15, 0.2) is 42.6 Å². The van der Waals surface area contributed by atoms with Gasteiger partial charge in [0.15, 0.2) is 4.84 Å². The molecule has 0 radical (unpaired) electrons. The summed E-state index contributed by atoms with van der Waals surface area (Å²) in [5.74, 6) is -0.800. The van der Waals surface area contributed by atoms with Gasteiger partial charge < -0.3 is 10.4 Å². The molecule has 5 nitrogen and oxygen atoms in total. The summed E-state index contributed by atoms with van der Waals surface area (Å²) in [5, 5.41) is 21.1. The number of rotatable bonds is 7. The number of nitriles is 1. The fourth-order valence-electron chi connectivity index (χ4n) is 2.34. The van der Waals surface area contributed by atoms with Crippen LogP contribution >= 0.6 is 23.2 Å². The van der Waals surface area contributed by atoms with Crippen LogP contribution < -0.4 is 5.32 Å². The molecule has 1 heterocycles. The number of carbonyl (C=O) groups is 1. The lowest BCUT2D eigenvalue weighted by molar-refractivity contribution is -0.121. The Balaban J connectivity index is 2.14. The monoisotopic (exact) mass is 413 g/mol. The van der Waals surface area contributed by atoms with E-state index >= 15 is 0 Å². The first kappa shape index (κ1) is 21.0. The van der Waals surface area contributed by atoms with Crippen LogP contribution in [0.2, 0.25) is 0 Å². The van der Waals surface area contributed by atoms with Crippen molar-refractivity contribution in [1.29, 1.82) is 5.26 Å². The molecule has 1 aromatic heterocycles. The number of hydrogen-bond donors (Lipinski definition) is 2. The van der Waals surface area contributed by atoms with Gasteiger partial charge in [-0.2, -0.15) is 5.26 Å². The van der Waals surface area contributed by atoms with Crippen molar-refractivity contribution in [3.05, 3.63) is 53.9 Å². The van der Waals surface area contributed by atoms with Crippen molar-refractivity contribution in [1.82, 2.24) is 10.3 Å². The molecule has 1 aromatic carbocycles. The van der Waals surface area contributed by atoms with E-state index in [0.29, 0.717) is 11.1 Å². The molecule has 2 N–H and O–H groups in total. The van der Waals surface area contributed by atoms with Crippen molar-refractivity contribution < 1.29 is 18.7 Å². The van der Waals surface area contributed by atoms with Crippen LogP contribution in [0.4, 0.5) is 8.78 Å². The quantitative estimate of drug-likeness (QED) is 0.679. The third-order valence-electron chi connectivity index (χ3n) is 3.82. The lowest BCUT2D eigenvalue weighted by Crippen LogP contribution is -2.43. The third-order valence-corrected chi connectivity index (χ3v) is 4.21. The van der Waals surface area contributed by atoms with Crippen LogP contribution in [0.25, 0.3) is 11.1 Å². The Morgan fingerprint density at radius 1 is 1.22 bits per heavy atom. The molecular formula is C18H15Cl2F2N3O2. The summed E-state index contributed by atoms with van der Waals surface area (Å²) in [6, 6.07) is 9.74. The van der Waals surface area contributed by atoms with Crippen molar-refractivity contribution in [3.63, 3.8) is 0 Å². The summed E-state index contributed by atoms with van der Waals surface area (Å²) in [6.07, 6.45) is -1.66. The van der Waals surface area contributed by atoms with Crippen LogP contribution in [0.5, 0.6) is 0 Å². The molecule has 0 fully saturated rings. The number of pyridine rings is 1. The second-order valence-electron chi connectivity index (χ2n) is 5.60. The SMILES string of the molecule is N#CC(F)c1ccc(-c2ccc([C@@H](O)[C@@H](CF)NC(=O)C(Cl)Cl)cc2)cn1. The first-order valence-corrected chi connectivity index (χ1v) is 8.67. The highest BCUT2D eigenvalue weighted by Crippen LogP contribution is 2.25. The minimum absolute atomic E-state index is 0.0201. The van der Waals surface area contributed by atoms with Crippen LogP contribution in [-0.2, 0) is 4.79 Å². The maximum absolute atomic E-state index is 13.3. The number of nitrogens with zero attached hydrogens (tertiary/aromatic N) is 2. The third kappa shape index (κ3) is 5.36. The van der Waals surface area contributed by atoms with E-state index in [1.807, 2.05) is 0 Å². The Morgan fingerprint density at radius 2 is 1.85 bits per heavy atom. The fraction of sp³-hybridized carbons (Fsp3) is 0.278. The summed E-state index contributed by atoms with van der Waals surface area (Å²) in [5.41, 5.74) is 1.79. The molecule has 0 aliphatic carbocycles. The molecule has 9 heteroatoms. The van der Waals surface area contributed by atoms with E-state index in [4.69, 9.17) is 28.5 Å². The van der Waals surface area contributed by atoms with Gasteiger partial charge in [-0.25, -0.2) is 8.78 Å². The molecule has 27 heavy (non-hydrogen) atoms. The predicted molar refractivity (Wildman–Crippen MR) is 97.5 cm³/mol. The maximum Gasteiger partial charge on any atom is 0.253 e. The van der Waals surface area contributed by atoms with Crippen molar-refractivity contribution in [3.8, 4) is 17.2 Å². The van der Waals surface area contributed by atoms with Gasteiger partial charge in [0, 0.05) is 11.8 Å². The molecular weight excluding hydrogens is 399 g/mol. The summed E-state index contributed by atoms with van der Waals surface area (Å²) < 4.78 is 26.4. The molecule has 1 unspecified atom stereocenters. The number of nitrogens with one attached hydrogen (secondary N) is 1. The van der Waals surface area contributed by atoms with E-state index in [-0.39, 0.29) is 5.69 Å². The zero-order valence-electron chi connectivity index (χ0n) is 13.8. The largest absolute Gasteiger partial charge is 0.386 e.